The largest absolute Gasteiger partial charge is 0.481 e. The molecule has 3 rings (SSSR count). The van der Waals surface area contributed by atoms with Crippen LogP contribution < -0.4 is 0 Å². The van der Waals surface area contributed by atoms with Crippen molar-refractivity contribution in [3.63, 3.8) is 0 Å². The lowest BCUT2D eigenvalue weighted by molar-refractivity contribution is -0.142. The van der Waals surface area contributed by atoms with Crippen LogP contribution in [0.5, 0.6) is 0 Å². The van der Waals surface area contributed by atoms with Gasteiger partial charge in [0, 0.05) is 18.0 Å². The molecule has 0 spiro atoms. The Bertz CT molecular complexity index is 941. The van der Waals surface area contributed by atoms with Crippen LogP contribution >= 0.6 is 0 Å². The molecule has 2 aromatic carbocycles. The zero-order chi connectivity index (χ0) is 21.9. The molecule has 0 amide bonds. The van der Waals surface area contributed by atoms with Crippen molar-refractivity contribution >= 4 is 11.7 Å². The number of carboxylic acid groups (broad SMARTS) is 1. The van der Waals surface area contributed by atoms with Gasteiger partial charge >= 0.3 is 5.97 Å². The summed E-state index contributed by atoms with van der Waals surface area (Å²) in [5.41, 5.74) is 2.99. The third-order valence-corrected chi connectivity index (χ3v) is 5.33. The van der Waals surface area contributed by atoms with E-state index in [4.69, 9.17) is 4.84 Å². The van der Waals surface area contributed by atoms with Gasteiger partial charge in [0.25, 0.3) is 0 Å². The van der Waals surface area contributed by atoms with Crippen molar-refractivity contribution in [2.45, 2.75) is 38.6 Å². The standard InChI is InChI=1S/C25H29N3O3/c1-2-21(25(29)30)14-9-17-31-27-24(22-12-7-4-8-13-22)23(28-16-15-26-19-28)18-20-10-5-3-6-11-20/h3-8,10-13,15-16,19,21,23H,2,9,14,17-18H2,1H3,(H,29,30)/b27-24+. The van der Waals surface area contributed by atoms with E-state index in [2.05, 4.69) is 22.3 Å². The summed E-state index contributed by atoms with van der Waals surface area (Å²) >= 11 is 0. The summed E-state index contributed by atoms with van der Waals surface area (Å²) in [6.45, 7) is 2.27. The molecule has 0 aliphatic carbocycles. The second kappa shape index (κ2) is 11.7. The van der Waals surface area contributed by atoms with Crippen LogP contribution in [-0.2, 0) is 16.1 Å². The van der Waals surface area contributed by atoms with E-state index in [1.54, 1.807) is 12.5 Å². The third kappa shape index (κ3) is 6.54. The first-order valence-electron chi connectivity index (χ1n) is 10.7. The van der Waals surface area contributed by atoms with Gasteiger partial charge in [-0.25, -0.2) is 4.98 Å². The van der Waals surface area contributed by atoms with Gasteiger partial charge in [-0.1, -0.05) is 72.7 Å². The number of benzene rings is 2. The van der Waals surface area contributed by atoms with Gasteiger partial charge in [-0.2, -0.15) is 0 Å². The highest BCUT2D eigenvalue weighted by molar-refractivity contribution is 6.03. The summed E-state index contributed by atoms with van der Waals surface area (Å²) < 4.78 is 2.04. The Kier molecular flexibility index (Phi) is 8.40. The molecule has 31 heavy (non-hydrogen) atoms. The number of aromatic nitrogens is 2. The lowest BCUT2D eigenvalue weighted by Crippen LogP contribution is -2.22. The highest BCUT2D eigenvalue weighted by atomic mass is 16.6. The molecule has 0 saturated carbocycles. The van der Waals surface area contributed by atoms with E-state index < -0.39 is 5.97 Å². The number of nitrogens with zero attached hydrogens (tertiary/aromatic N) is 3. The number of hydrogen-bond donors (Lipinski definition) is 1. The van der Waals surface area contributed by atoms with Crippen molar-refractivity contribution < 1.29 is 14.7 Å². The third-order valence-electron chi connectivity index (χ3n) is 5.33. The fourth-order valence-corrected chi connectivity index (χ4v) is 3.56. The van der Waals surface area contributed by atoms with Crippen LogP contribution in [0.3, 0.4) is 0 Å². The van der Waals surface area contributed by atoms with Gasteiger partial charge in [0.2, 0.25) is 0 Å². The van der Waals surface area contributed by atoms with Crippen LogP contribution in [0.2, 0.25) is 0 Å². The lowest BCUT2D eigenvalue weighted by Gasteiger charge is -2.21. The summed E-state index contributed by atoms with van der Waals surface area (Å²) in [5, 5.41) is 13.7. The molecule has 1 N–H and O–H groups in total. The molecule has 2 unspecified atom stereocenters. The Labute approximate surface area is 183 Å². The molecule has 1 heterocycles. The van der Waals surface area contributed by atoms with E-state index in [-0.39, 0.29) is 12.0 Å². The molecule has 3 aromatic rings. The van der Waals surface area contributed by atoms with Gasteiger partial charge in [0.15, 0.2) is 0 Å². The first-order valence-corrected chi connectivity index (χ1v) is 10.7. The van der Waals surface area contributed by atoms with Crippen LogP contribution in [0.15, 0.2) is 84.5 Å². The Morgan fingerprint density at radius 3 is 2.45 bits per heavy atom. The minimum atomic E-state index is -0.751. The van der Waals surface area contributed by atoms with Crippen molar-refractivity contribution in [3.8, 4) is 0 Å². The van der Waals surface area contributed by atoms with Crippen LogP contribution in [-0.4, -0.2) is 32.9 Å². The van der Waals surface area contributed by atoms with Crippen molar-refractivity contribution in [1.29, 1.82) is 0 Å². The van der Waals surface area contributed by atoms with Gasteiger partial charge in [0.05, 0.1) is 18.3 Å². The van der Waals surface area contributed by atoms with E-state index >= 15 is 0 Å². The molecule has 6 heteroatoms. The number of rotatable bonds is 12. The Hall–Kier alpha value is -3.41. The van der Waals surface area contributed by atoms with E-state index in [9.17, 15) is 9.90 Å². The number of carbonyl (C=O) groups is 1. The van der Waals surface area contributed by atoms with Gasteiger partial charge in [-0.15, -0.1) is 0 Å². The Morgan fingerprint density at radius 2 is 1.84 bits per heavy atom. The summed E-state index contributed by atoms with van der Waals surface area (Å²) in [5.74, 6) is -1.09. The summed E-state index contributed by atoms with van der Waals surface area (Å²) in [7, 11) is 0. The first kappa shape index (κ1) is 22.3. The summed E-state index contributed by atoms with van der Waals surface area (Å²) in [6, 6.07) is 20.2. The minimum absolute atomic E-state index is 0.0882. The van der Waals surface area contributed by atoms with E-state index in [0.29, 0.717) is 25.9 Å². The molecule has 0 aliphatic rings. The van der Waals surface area contributed by atoms with Crippen molar-refractivity contribution in [1.82, 2.24) is 9.55 Å². The van der Waals surface area contributed by atoms with Gasteiger partial charge < -0.3 is 14.5 Å². The smallest absolute Gasteiger partial charge is 0.306 e. The normalized spacial score (nSPS) is 13.5. The predicted octanol–water partition coefficient (Wildman–Crippen LogP) is 4.98. The fourth-order valence-electron chi connectivity index (χ4n) is 3.56. The summed E-state index contributed by atoms with van der Waals surface area (Å²) in [4.78, 5) is 21.1. The van der Waals surface area contributed by atoms with Gasteiger partial charge in [-0.05, 0) is 31.2 Å². The monoisotopic (exact) mass is 419 g/mol. The maximum atomic E-state index is 11.2. The van der Waals surface area contributed by atoms with E-state index in [1.807, 2.05) is 66.2 Å². The molecule has 0 fully saturated rings. The minimum Gasteiger partial charge on any atom is -0.481 e. The number of hydrogen-bond acceptors (Lipinski definition) is 4. The fraction of sp³-hybridized carbons (Fsp3) is 0.320. The molecule has 0 aliphatic heterocycles. The number of oxime groups is 1. The number of aliphatic carboxylic acids is 1. The molecule has 0 radical (unpaired) electrons. The van der Waals surface area contributed by atoms with Crippen LogP contribution in [0.4, 0.5) is 0 Å². The Morgan fingerprint density at radius 1 is 1.13 bits per heavy atom. The average molecular weight is 420 g/mol. The van der Waals surface area contributed by atoms with Crippen molar-refractivity contribution in [2.75, 3.05) is 6.61 Å². The van der Waals surface area contributed by atoms with E-state index in [1.165, 1.54) is 5.56 Å². The average Bonchev–Trinajstić information content (AvgIpc) is 3.33. The molecular weight excluding hydrogens is 390 g/mol. The second-order valence-electron chi connectivity index (χ2n) is 7.48. The maximum Gasteiger partial charge on any atom is 0.306 e. The molecule has 6 nitrogen and oxygen atoms in total. The van der Waals surface area contributed by atoms with Crippen LogP contribution in [0.1, 0.15) is 43.4 Å². The number of imidazole rings is 1. The van der Waals surface area contributed by atoms with Crippen molar-refractivity contribution in [2.24, 2.45) is 11.1 Å². The van der Waals surface area contributed by atoms with Gasteiger partial charge in [0.1, 0.15) is 12.3 Å². The quantitative estimate of drug-likeness (QED) is 0.255. The lowest BCUT2D eigenvalue weighted by atomic mass is 9.96. The molecule has 162 valence electrons. The zero-order valence-corrected chi connectivity index (χ0v) is 17.8. The van der Waals surface area contributed by atoms with Crippen LogP contribution in [0, 0.1) is 5.92 Å². The Balaban J connectivity index is 1.80. The molecule has 1 aromatic heterocycles. The van der Waals surface area contributed by atoms with E-state index in [0.717, 1.165) is 17.7 Å². The molecule has 0 saturated heterocycles. The molecular formula is C25H29N3O3. The number of carboxylic acids is 1. The molecule has 2 atom stereocenters. The highest BCUT2D eigenvalue weighted by Crippen LogP contribution is 2.21. The van der Waals surface area contributed by atoms with Crippen LogP contribution in [0.25, 0.3) is 0 Å². The maximum absolute atomic E-state index is 11.2. The summed E-state index contributed by atoms with van der Waals surface area (Å²) in [6.07, 6.45) is 8.08. The topological polar surface area (TPSA) is 76.7 Å². The molecule has 0 bridgehead atoms. The second-order valence-corrected chi connectivity index (χ2v) is 7.48. The predicted molar refractivity (Wildman–Crippen MR) is 121 cm³/mol. The SMILES string of the molecule is CCC(CCCO/N=C(\c1ccccc1)C(Cc1ccccc1)n1ccnc1)C(=O)O. The van der Waals surface area contributed by atoms with Gasteiger partial charge in [-0.3, -0.25) is 4.79 Å². The highest BCUT2D eigenvalue weighted by Gasteiger charge is 2.21. The first-order chi connectivity index (χ1) is 15.2. The van der Waals surface area contributed by atoms with Crippen molar-refractivity contribution in [3.05, 3.63) is 90.5 Å². The zero-order valence-electron chi connectivity index (χ0n) is 17.8.